The van der Waals surface area contributed by atoms with Crippen LogP contribution in [0.4, 0.5) is 16.5 Å². The van der Waals surface area contributed by atoms with Gasteiger partial charge in [-0.3, -0.25) is 19.8 Å². The molecule has 2 aromatic heterocycles. The summed E-state index contributed by atoms with van der Waals surface area (Å²) in [6.07, 6.45) is 1.27. The Labute approximate surface area is 246 Å². The molecule has 0 radical (unpaired) electrons. The number of halogens is 2. The topological polar surface area (TPSA) is 132 Å². The molecule has 1 unspecified atom stereocenters. The van der Waals surface area contributed by atoms with Gasteiger partial charge in [0, 0.05) is 50.9 Å². The summed E-state index contributed by atoms with van der Waals surface area (Å²) in [4.78, 5) is 30.6. The summed E-state index contributed by atoms with van der Waals surface area (Å²) in [7, 11) is -1.48. The maximum atomic E-state index is 13.6. The summed E-state index contributed by atoms with van der Waals surface area (Å²) in [6, 6.07) is 11.0. The zero-order valence-corrected chi connectivity index (χ0v) is 24.9. The number of carbonyl (C=O) groups excluding carboxylic acids is 1. The number of amides is 1. The van der Waals surface area contributed by atoms with E-state index < -0.39 is 20.3 Å². The molecule has 0 spiro atoms. The van der Waals surface area contributed by atoms with Gasteiger partial charge in [0.25, 0.3) is 5.91 Å². The first-order chi connectivity index (χ1) is 19.1. The molecule has 3 rings (SSSR count). The second kappa shape index (κ2) is 14.6. The Bertz CT molecular complexity index is 1380. The number of alkyl halides is 2. The molecule has 0 saturated carbocycles. The number of carbonyl (C=O) groups is 1. The van der Waals surface area contributed by atoms with Gasteiger partial charge in [0.05, 0.1) is 10.5 Å². The maximum absolute atomic E-state index is 13.6. The van der Waals surface area contributed by atoms with E-state index in [9.17, 15) is 23.3 Å². The average Bonchev–Trinajstić information content (AvgIpc) is 3.42. The number of hydrogen-bond acceptors (Lipinski definition) is 10. The number of thiophene rings is 1. The minimum atomic E-state index is -4.42. The fraction of sp³-hybridized carbons (Fsp3) is 0.360. The lowest BCUT2D eigenvalue weighted by molar-refractivity contribution is -0.380. The minimum absolute atomic E-state index is 0.0125. The summed E-state index contributed by atoms with van der Waals surface area (Å²) in [5, 5.41) is 11.4. The molecule has 0 fully saturated rings. The molecule has 0 aliphatic carbocycles. The SMILES string of the molecule is COCC(=O)N(C)c1ccc(CC(c2ccsc2[N+](=O)[O-])S(=O)(=O)Oc2ccc(N(CCCl)CCCl)cc2)cn1. The van der Waals surface area contributed by atoms with Crippen LogP contribution in [0.25, 0.3) is 0 Å². The molecule has 216 valence electrons. The highest BCUT2D eigenvalue weighted by atomic mass is 35.5. The highest BCUT2D eigenvalue weighted by Crippen LogP contribution is 2.38. The Morgan fingerprint density at radius 2 is 1.80 bits per heavy atom. The number of nitrogens with zero attached hydrogens (tertiary/aromatic N) is 4. The molecule has 1 amide bonds. The van der Waals surface area contributed by atoms with E-state index >= 15 is 0 Å². The van der Waals surface area contributed by atoms with E-state index in [0.717, 1.165) is 17.0 Å². The number of aromatic nitrogens is 1. The van der Waals surface area contributed by atoms with Crippen molar-refractivity contribution in [3.8, 4) is 5.75 Å². The zero-order chi connectivity index (χ0) is 29.3. The molecule has 1 atom stereocenters. The molecule has 0 saturated heterocycles. The number of rotatable bonds is 15. The third-order valence-corrected chi connectivity index (χ3v) is 8.63. The Hall–Kier alpha value is -2.97. The second-order valence-corrected chi connectivity index (χ2v) is 11.8. The van der Waals surface area contributed by atoms with Crippen molar-refractivity contribution in [2.45, 2.75) is 11.7 Å². The molecule has 11 nitrogen and oxygen atoms in total. The largest absolute Gasteiger partial charge is 0.382 e. The van der Waals surface area contributed by atoms with Crippen molar-refractivity contribution in [1.29, 1.82) is 0 Å². The van der Waals surface area contributed by atoms with Crippen molar-refractivity contribution in [3.05, 3.63) is 75.3 Å². The number of pyridine rings is 1. The van der Waals surface area contributed by atoms with Gasteiger partial charge in [-0.2, -0.15) is 8.42 Å². The van der Waals surface area contributed by atoms with Gasteiger partial charge >= 0.3 is 15.1 Å². The van der Waals surface area contributed by atoms with Crippen LogP contribution < -0.4 is 14.0 Å². The third-order valence-electron chi connectivity index (χ3n) is 5.87. The number of methoxy groups -OCH3 is 1. The Morgan fingerprint density at radius 1 is 1.12 bits per heavy atom. The Balaban J connectivity index is 1.89. The molecule has 15 heteroatoms. The van der Waals surface area contributed by atoms with E-state index in [4.69, 9.17) is 32.1 Å². The first-order valence-corrected chi connectivity index (χ1v) is 15.4. The van der Waals surface area contributed by atoms with Crippen molar-refractivity contribution in [1.82, 2.24) is 4.98 Å². The van der Waals surface area contributed by atoms with Crippen molar-refractivity contribution in [2.75, 3.05) is 55.4 Å². The fourth-order valence-corrected chi connectivity index (χ4v) is 6.50. The lowest BCUT2D eigenvalue weighted by atomic mass is 10.1. The van der Waals surface area contributed by atoms with Gasteiger partial charge in [0.15, 0.2) is 0 Å². The van der Waals surface area contributed by atoms with Crippen LogP contribution in [0.1, 0.15) is 16.4 Å². The molecule has 0 N–H and O–H groups in total. The van der Waals surface area contributed by atoms with Gasteiger partial charge < -0.3 is 13.8 Å². The van der Waals surface area contributed by atoms with Crippen LogP contribution in [0.5, 0.6) is 5.75 Å². The van der Waals surface area contributed by atoms with Gasteiger partial charge in [-0.05, 0) is 53.8 Å². The fourth-order valence-electron chi connectivity index (χ4n) is 3.85. The summed E-state index contributed by atoms with van der Waals surface area (Å²) in [5.74, 6) is 0.848. The predicted octanol–water partition coefficient (Wildman–Crippen LogP) is 4.64. The standard InChI is InChI=1S/C25H28Cl2N4O7S2/c1-29(24(32)17-37-2)23-8-3-18(16-28-23)15-22(21-9-14-39-25(21)31(33)34)40(35,36)38-20-6-4-19(5-7-20)30(12-10-26)13-11-27/h3-9,14,16,22H,10-13,15,17H2,1-2H3. The number of likely N-dealkylation sites (N-methyl/N-ethyl adjacent to an activating group) is 1. The van der Waals surface area contributed by atoms with E-state index in [1.54, 1.807) is 24.3 Å². The first kappa shape index (κ1) is 31.6. The quantitative estimate of drug-likeness (QED) is 0.102. The van der Waals surface area contributed by atoms with Gasteiger partial charge in [0.1, 0.15) is 23.4 Å². The van der Waals surface area contributed by atoms with Crippen LogP contribution in [-0.4, -0.2) is 69.8 Å². The van der Waals surface area contributed by atoms with Gasteiger partial charge in [-0.25, -0.2) is 4.98 Å². The van der Waals surface area contributed by atoms with Crippen LogP contribution in [0.3, 0.4) is 0 Å². The number of benzene rings is 1. The third kappa shape index (κ3) is 8.04. The van der Waals surface area contributed by atoms with E-state index in [0.29, 0.717) is 36.2 Å². The zero-order valence-electron chi connectivity index (χ0n) is 21.7. The first-order valence-electron chi connectivity index (χ1n) is 11.9. The molecule has 0 aliphatic rings. The Morgan fingerprint density at radius 3 is 2.35 bits per heavy atom. The number of anilines is 2. The van der Waals surface area contributed by atoms with E-state index in [2.05, 4.69) is 4.98 Å². The molecule has 2 heterocycles. The Kier molecular flexibility index (Phi) is 11.5. The highest BCUT2D eigenvalue weighted by molar-refractivity contribution is 7.87. The van der Waals surface area contributed by atoms with E-state index in [1.807, 2.05) is 4.90 Å². The van der Waals surface area contributed by atoms with Crippen LogP contribution in [0.2, 0.25) is 0 Å². The molecule has 0 bridgehead atoms. The number of hydrogen-bond donors (Lipinski definition) is 0. The summed E-state index contributed by atoms with van der Waals surface area (Å²) in [6.45, 7) is 0.984. The lowest BCUT2D eigenvalue weighted by Gasteiger charge is -2.23. The molecular weight excluding hydrogens is 603 g/mol. The van der Waals surface area contributed by atoms with Crippen LogP contribution in [0, 0.1) is 10.1 Å². The molecule has 0 aliphatic heterocycles. The molecular formula is C25H28Cl2N4O7S2. The van der Waals surface area contributed by atoms with Gasteiger partial charge in [-0.15, -0.1) is 23.2 Å². The monoisotopic (exact) mass is 630 g/mol. The van der Waals surface area contributed by atoms with Gasteiger partial charge in [0.2, 0.25) is 0 Å². The lowest BCUT2D eigenvalue weighted by Crippen LogP contribution is -2.30. The minimum Gasteiger partial charge on any atom is -0.382 e. The van der Waals surface area contributed by atoms with Gasteiger partial charge in [-0.1, -0.05) is 17.4 Å². The molecule has 40 heavy (non-hydrogen) atoms. The van der Waals surface area contributed by atoms with Crippen molar-refractivity contribution in [3.63, 3.8) is 0 Å². The molecule has 3 aromatic rings. The van der Waals surface area contributed by atoms with Crippen molar-refractivity contribution < 1.29 is 27.1 Å². The summed E-state index contributed by atoms with van der Waals surface area (Å²) < 4.78 is 37.5. The number of ether oxygens (including phenoxy) is 1. The highest BCUT2D eigenvalue weighted by Gasteiger charge is 2.36. The van der Waals surface area contributed by atoms with Crippen molar-refractivity contribution >= 4 is 67.1 Å². The predicted molar refractivity (Wildman–Crippen MR) is 157 cm³/mol. The second-order valence-electron chi connectivity index (χ2n) is 8.48. The van der Waals surface area contributed by atoms with Crippen LogP contribution in [-0.2, 0) is 26.1 Å². The van der Waals surface area contributed by atoms with E-state index in [1.165, 1.54) is 48.8 Å². The number of nitro groups is 1. The van der Waals surface area contributed by atoms with Crippen LogP contribution in [0.15, 0.2) is 54.0 Å². The average molecular weight is 632 g/mol. The van der Waals surface area contributed by atoms with Crippen LogP contribution >= 0.6 is 34.5 Å². The normalized spacial score (nSPS) is 12.1. The summed E-state index contributed by atoms with van der Waals surface area (Å²) in [5.41, 5.74) is 1.27. The smallest absolute Gasteiger partial charge is 0.328 e. The van der Waals surface area contributed by atoms with E-state index in [-0.39, 0.29) is 35.2 Å². The summed E-state index contributed by atoms with van der Waals surface area (Å²) >= 11 is 12.6. The molecule has 1 aromatic carbocycles. The maximum Gasteiger partial charge on any atom is 0.328 e. The van der Waals surface area contributed by atoms with Crippen molar-refractivity contribution in [2.24, 2.45) is 0 Å².